The van der Waals surface area contributed by atoms with Gasteiger partial charge in [0.15, 0.2) is 0 Å². The lowest BCUT2D eigenvalue weighted by molar-refractivity contribution is -0.141. The third kappa shape index (κ3) is 3.56. The highest BCUT2D eigenvalue weighted by Crippen LogP contribution is 2.33. The normalized spacial score (nSPS) is 15.9. The first-order valence-electron chi connectivity index (χ1n) is 9.10. The second-order valence-electron chi connectivity index (χ2n) is 6.97. The third-order valence-electron chi connectivity index (χ3n) is 5.05. The van der Waals surface area contributed by atoms with E-state index in [1.807, 2.05) is 19.9 Å². The molecule has 1 aliphatic rings. The molecule has 0 saturated carbocycles. The summed E-state index contributed by atoms with van der Waals surface area (Å²) in [6.07, 6.45) is -1.58. The van der Waals surface area contributed by atoms with Crippen LogP contribution in [0.4, 0.5) is 13.2 Å². The fourth-order valence-electron chi connectivity index (χ4n) is 3.36. The highest BCUT2D eigenvalue weighted by Gasteiger charge is 2.32. The van der Waals surface area contributed by atoms with Gasteiger partial charge in [-0.25, -0.2) is 9.97 Å². The van der Waals surface area contributed by atoms with Crippen LogP contribution in [0.25, 0.3) is 22.3 Å². The molecule has 4 heterocycles. The molecule has 0 radical (unpaired) electrons. The first kappa shape index (κ1) is 18.7. The molecule has 0 spiro atoms. The van der Waals surface area contributed by atoms with Crippen molar-refractivity contribution in [3.05, 3.63) is 47.2 Å². The summed E-state index contributed by atoms with van der Waals surface area (Å²) in [4.78, 5) is 17.6. The van der Waals surface area contributed by atoms with Crippen molar-refractivity contribution >= 4 is 11.0 Å². The van der Waals surface area contributed by atoms with Crippen molar-refractivity contribution in [1.82, 2.24) is 19.9 Å². The van der Waals surface area contributed by atoms with Crippen LogP contribution in [-0.2, 0) is 10.9 Å². The van der Waals surface area contributed by atoms with E-state index in [0.29, 0.717) is 35.5 Å². The number of hydrogen-bond donors (Lipinski definition) is 0. The lowest BCUT2D eigenvalue weighted by Gasteiger charge is -2.22. The van der Waals surface area contributed by atoms with E-state index in [-0.39, 0.29) is 5.92 Å². The van der Waals surface area contributed by atoms with Gasteiger partial charge in [0.2, 0.25) is 0 Å². The number of rotatable bonds is 2. The molecule has 0 bridgehead atoms. The Hall–Kier alpha value is -2.61. The van der Waals surface area contributed by atoms with Crippen LogP contribution in [-0.4, -0.2) is 33.1 Å². The lowest BCUT2D eigenvalue weighted by atomic mass is 9.95. The molecule has 5 nitrogen and oxygen atoms in total. The zero-order valence-corrected chi connectivity index (χ0v) is 15.5. The molecule has 1 aliphatic heterocycles. The quantitative estimate of drug-likeness (QED) is 0.641. The van der Waals surface area contributed by atoms with E-state index in [4.69, 9.17) is 9.72 Å². The molecule has 0 N–H and O–H groups in total. The topological polar surface area (TPSA) is 60.8 Å². The molecule has 1 saturated heterocycles. The van der Waals surface area contributed by atoms with E-state index in [2.05, 4.69) is 15.0 Å². The number of pyridine rings is 2. The lowest BCUT2D eigenvalue weighted by Crippen LogP contribution is -2.15. The van der Waals surface area contributed by atoms with E-state index in [0.717, 1.165) is 36.0 Å². The third-order valence-corrected chi connectivity index (χ3v) is 5.05. The van der Waals surface area contributed by atoms with Gasteiger partial charge >= 0.3 is 6.18 Å². The van der Waals surface area contributed by atoms with Gasteiger partial charge in [-0.2, -0.15) is 13.2 Å². The van der Waals surface area contributed by atoms with Crippen LogP contribution in [0.5, 0.6) is 0 Å². The van der Waals surface area contributed by atoms with E-state index >= 15 is 0 Å². The molecular formula is C20H19F3N4O. The number of alkyl halides is 3. The van der Waals surface area contributed by atoms with Crippen molar-refractivity contribution in [3.63, 3.8) is 0 Å². The Bertz CT molecular complexity index is 1010. The van der Waals surface area contributed by atoms with Gasteiger partial charge in [-0.1, -0.05) is 0 Å². The van der Waals surface area contributed by atoms with Crippen molar-refractivity contribution in [2.45, 2.75) is 38.8 Å². The smallest absolute Gasteiger partial charge is 0.381 e. The van der Waals surface area contributed by atoms with Crippen molar-refractivity contribution in [3.8, 4) is 11.3 Å². The molecule has 0 aromatic carbocycles. The number of fused-ring (bicyclic) bond motifs is 1. The minimum absolute atomic E-state index is 0.225. The van der Waals surface area contributed by atoms with Crippen molar-refractivity contribution in [1.29, 1.82) is 0 Å². The minimum Gasteiger partial charge on any atom is -0.381 e. The Morgan fingerprint density at radius 1 is 1.00 bits per heavy atom. The van der Waals surface area contributed by atoms with Crippen molar-refractivity contribution in [2.24, 2.45) is 0 Å². The SMILES string of the molecule is Cc1nc2cc(C3CCOCC3)nc(-c3ccc(C(F)(F)F)nc3)c2nc1C. The summed E-state index contributed by atoms with van der Waals surface area (Å²) in [7, 11) is 0. The van der Waals surface area contributed by atoms with E-state index in [9.17, 15) is 13.2 Å². The molecule has 0 aliphatic carbocycles. The predicted molar refractivity (Wildman–Crippen MR) is 97.8 cm³/mol. The van der Waals surface area contributed by atoms with Crippen LogP contribution < -0.4 is 0 Å². The zero-order valence-electron chi connectivity index (χ0n) is 15.5. The summed E-state index contributed by atoms with van der Waals surface area (Å²) in [6.45, 7) is 5.07. The van der Waals surface area contributed by atoms with Crippen LogP contribution in [0.1, 0.15) is 41.5 Å². The number of halogens is 3. The van der Waals surface area contributed by atoms with E-state index in [1.54, 1.807) is 0 Å². The Balaban J connectivity index is 1.88. The van der Waals surface area contributed by atoms with Crippen LogP contribution in [0.15, 0.2) is 24.4 Å². The average Bonchev–Trinajstić information content (AvgIpc) is 2.68. The van der Waals surface area contributed by atoms with Gasteiger partial charge < -0.3 is 4.74 Å². The molecule has 0 unspecified atom stereocenters. The van der Waals surface area contributed by atoms with Crippen molar-refractivity contribution < 1.29 is 17.9 Å². The van der Waals surface area contributed by atoms with Gasteiger partial charge in [0.1, 0.15) is 11.2 Å². The second kappa shape index (κ2) is 7.09. The molecule has 3 aromatic rings. The number of aryl methyl sites for hydroxylation is 2. The molecule has 8 heteroatoms. The zero-order chi connectivity index (χ0) is 19.9. The summed E-state index contributed by atoms with van der Waals surface area (Å²) in [6, 6.07) is 4.30. The Morgan fingerprint density at radius 2 is 1.71 bits per heavy atom. The molecule has 1 fully saturated rings. The van der Waals surface area contributed by atoms with Crippen LogP contribution >= 0.6 is 0 Å². The summed E-state index contributed by atoms with van der Waals surface area (Å²) in [5.74, 6) is 0.225. The largest absolute Gasteiger partial charge is 0.433 e. The average molecular weight is 388 g/mol. The van der Waals surface area contributed by atoms with Gasteiger partial charge in [0, 0.05) is 36.6 Å². The van der Waals surface area contributed by atoms with Crippen LogP contribution in [0.2, 0.25) is 0 Å². The summed E-state index contributed by atoms with van der Waals surface area (Å²) >= 11 is 0. The van der Waals surface area contributed by atoms with Gasteiger partial charge in [0.25, 0.3) is 0 Å². The van der Waals surface area contributed by atoms with Crippen LogP contribution in [0, 0.1) is 13.8 Å². The van der Waals surface area contributed by atoms with E-state index < -0.39 is 11.9 Å². The molecule has 28 heavy (non-hydrogen) atoms. The summed E-state index contributed by atoms with van der Waals surface area (Å²) in [5.41, 5.74) is 3.76. The monoisotopic (exact) mass is 388 g/mol. The first-order chi connectivity index (χ1) is 13.3. The van der Waals surface area contributed by atoms with Gasteiger partial charge in [-0.3, -0.25) is 9.97 Å². The number of hydrogen-bond acceptors (Lipinski definition) is 5. The van der Waals surface area contributed by atoms with Gasteiger partial charge in [0.05, 0.1) is 22.6 Å². The maximum Gasteiger partial charge on any atom is 0.433 e. The Labute approximate surface area is 160 Å². The Kier molecular flexibility index (Phi) is 4.74. The maximum absolute atomic E-state index is 12.9. The fourth-order valence-corrected chi connectivity index (χ4v) is 3.36. The van der Waals surface area contributed by atoms with Crippen LogP contribution in [0.3, 0.4) is 0 Å². The minimum atomic E-state index is -4.48. The molecular weight excluding hydrogens is 369 g/mol. The molecule has 0 atom stereocenters. The molecule has 0 amide bonds. The van der Waals surface area contributed by atoms with Crippen molar-refractivity contribution in [2.75, 3.05) is 13.2 Å². The highest BCUT2D eigenvalue weighted by molar-refractivity contribution is 5.89. The highest BCUT2D eigenvalue weighted by atomic mass is 19.4. The standard InChI is InChI=1S/C20H19F3N4O/c1-11-12(2)26-19-16(25-11)9-15(13-5-7-28-8-6-13)27-18(19)14-3-4-17(24-10-14)20(21,22)23/h3-4,9-10,13H,5-8H2,1-2H3. The maximum atomic E-state index is 12.9. The Morgan fingerprint density at radius 3 is 2.36 bits per heavy atom. The summed E-state index contributed by atoms with van der Waals surface area (Å²) < 4.78 is 44.0. The first-order valence-corrected chi connectivity index (χ1v) is 9.10. The second-order valence-corrected chi connectivity index (χ2v) is 6.97. The molecule has 4 rings (SSSR count). The van der Waals surface area contributed by atoms with E-state index in [1.165, 1.54) is 12.3 Å². The molecule has 3 aromatic heterocycles. The number of nitrogens with zero attached hydrogens (tertiary/aromatic N) is 4. The van der Waals surface area contributed by atoms with Gasteiger partial charge in [-0.05, 0) is 44.9 Å². The predicted octanol–water partition coefficient (Wildman–Crippen LogP) is 4.62. The number of ether oxygens (including phenoxy) is 1. The summed E-state index contributed by atoms with van der Waals surface area (Å²) in [5, 5.41) is 0. The fraction of sp³-hybridized carbons (Fsp3) is 0.400. The number of aromatic nitrogens is 4. The molecule has 146 valence electrons. The van der Waals surface area contributed by atoms with Gasteiger partial charge in [-0.15, -0.1) is 0 Å².